The van der Waals surface area contributed by atoms with E-state index >= 15 is 0 Å². The Morgan fingerprint density at radius 3 is 2.47 bits per heavy atom. The predicted molar refractivity (Wildman–Crippen MR) is 66.5 cm³/mol. The third-order valence-corrected chi connectivity index (χ3v) is 1.87. The van der Waals surface area contributed by atoms with E-state index in [2.05, 4.69) is 13.5 Å². The van der Waals surface area contributed by atoms with Crippen LogP contribution < -0.4 is 0 Å². The summed E-state index contributed by atoms with van der Waals surface area (Å²) in [6.45, 7) is 14.7. The van der Waals surface area contributed by atoms with Gasteiger partial charge in [0, 0.05) is 39.3 Å². The van der Waals surface area contributed by atoms with Gasteiger partial charge in [-0.1, -0.05) is 18.6 Å². The zero-order valence-electron chi connectivity index (χ0n) is 11.2. The van der Waals surface area contributed by atoms with E-state index in [0.717, 1.165) is 25.0 Å². The van der Waals surface area contributed by atoms with Crippen molar-refractivity contribution in [3.05, 3.63) is 19.1 Å². The maximum absolute atomic E-state index is 5.51. The molecule has 0 rings (SSSR count). The monoisotopic (exact) mass is 318 g/mol. The van der Waals surface area contributed by atoms with Crippen molar-refractivity contribution in [2.75, 3.05) is 33.0 Å². The van der Waals surface area contributed by atoms with Gasteiger partial charge in [0.2, 0.25) is 0 Å². The third kappa shape index (κ3) is 16.7. The Hall–Kier alpha value is 0.724. The Morgan fingerprint density at radius 2 is 1.88 bits per heavy atom. The van der Waals surface area contributed by atoms with Crippen LogP contribution in [0.2, 0.25) is 0 Å². The SMILES string of the molecule is C=C(C)COCCOCC(C)OCCC[CH2-].[Y]. The predicted octanol–water partition coefficient (Wildman–Crippen LogP) is 2.61. The quantitative estimate of drug-likeness (QED) is 0.333. The van der Waals surface area contributed by atoms with E-state index in [-0.39, 0.29) is 38.8 Å². The Balaban J connectivity index is 0. The van der Waals surface area contributed by atoms with Crippen LogP contribution in [0.1, 0.15) is 26.7 Å². The molecule has 4 heteroatoms. The van der Waals surface area contributed by atoms with Crippen LogP contribution in [0.5, 0.6) is 0 Å². The third-order valence-electron chi connectivity index (χ3n) is 1.87. The van der Waals surface area contributed by atoms with Gasteiger partial charge >= 0.3 is 0 Å². The zero-order valence-corrected chi connectivity index (χ0v) is 14.1. The van der Waals surface area contributed by atoms with Gasteiger partial charge in [0.05, 0.1) is 32.5 Å². The number of hydrogen-bond donors (Lipinski definition) is 0. The normalized spacial score (nSPS) is 11.9. The molecule has 0 aliphatic heterocycles. The molecule has 0 heterocycles. The van der Waals surface area contributed by atoms with Gasteiger partial charge in [0.15, 0.2) is 0 Å². The first kappa shape index (κ1) is 20.0. The maximum Gasteiger partial charge on any atom is 0.0780 e. The molecule has 0 bridgehead atoms. The van der Waals surface area contributed by atoms with Crippen molar-refractivity contribution < 1.29 is 46.9 Å². The molecule has 0 aliphatic rings. The van der Waals surface area contributed by atoms with Crippen molar-refractivity contribution >= 4 is 0 Å². The van der Waals surface area contributed by atoms with Crippen LogP contribution in [-0.4, -0.2) is 39.1 Å². The van der Waals surface area contributed by atoms with Gasteiger partial charge in [-0.3, -0.25) is 0 Å². The minimum Gasteiger partial charge on any atom is -0.376 e. The van der Waals surface area contributed by atoms with E-state index in [4.69, 9.17) is 14.2 Å². The van der Waals surface area contributed by atoms with E-state index in [1.165, 1.54) is 0 Å². The molecule has 0 aromatic carbocycles. The summed E-state index contributed by atoms with van der Waals surface area (Å²) in [7, 11) is 0. The van der Waals surface area contributed by atoms with Gasteiger partial charge in [-0.15, -0.1) is 0 Å². The first-order valence-electron chi connectivity index (χ1n) is 5.87. The summed E-state index contributed by atoms with van der Waals surface area (Å²) in [4.78, 5) is 0. The first-order valence-corrected chi connectivity index (χ1v) is 5.87. The molecular formula is C13H25O3Y-. The molecule has 3 nitrogen and oxygen atoms in total. The van der Waals surface area contributed by atoms with Gasteiger partial charge in [-0.25, -0.2) is 0 Å². The average molecular weight is 318 g/mol. The van der Waals surface area contributed by atoms with Crippen LogP contribution in [0.15, 0.2) is 12.2 Å². The fourth-order valence-electron chi connectivity index (χ4n) is 1.05. The summed E-state index contributed by atoms with van der Waals surface area (Å²) >= 11 is 0. The van der Waals surface area contributed by atoms with Crippen molar-refractivity contribution in [1.29, 1.82) is 0 Å². The molecule has 0 fully saturated rings. The second kappa shape index (κ2) is 14.8. The van der Waals surface area contributed by atoms with Gasteiger partial charge in [-0.2, -0.15) is 6.42 Å². The second-order valence-corrected chi connectivity index (χ2v) is 3.97. The molecule has 0 spiro atoms. The topological polar surface area (TPSA) is 27.7 Å². The molecule has 0 aromatic heterocycles. The van der Waals surface area contributed by atoms with Crippen LogP contribution in [0.4, 0.5) is 0 Å². The van der Waals surface area contributed by atoms with Crippen molar-refractivity contribution in [2.45, 2.75) is 32.8 Å². The zero-order chi connectivity index (χ0) is 12.2. The Bertz CT molecular complexity index is 174. The number of rotatable bonds is 11. The minimum atomic E-state index is 0. The van der Waals surface area contributed by atoms with Crippen molar-refractivity contribution in [2.24, 2.45) is 0 Å². The molecule has 17 heavy (non-hydrogen) atoms. The fourth-order valence-corrected chi connectivity index (χ4v) is 1.05. The summed E-state index contributed by atoms with van der Waals surface area (Å²) in [5, 5.41) is 0. The van der Waals surface area contributed by atoms with Gasteiger partial charge < -0.3 is 21.1 Å². The van der Waals surface area contributed by atoms with Crippen LogP contribution in [-0.2, 0) is 46.9 Å². The molecule has 0 aliphatic carbocycles. The van der Waals surface area contributed by atoms with Crippen LogP contribution in [0.3, 0.4) is 0 Å². The number of ether oxygens (including phenoxy) is 3. The molecular weight excluding hydrogens is 293 g/mol. The van der Waals surface area contributed by atoms with E-state index < -0.39 is 0 Å². The molecule has 0 saturated carbocycles. The van der Waals surface area contributed by atoms with Crippen molar-refractivity contribution in [1.82, 2.24) is 0 Å². The fraction of sp³-hybridized carbons (Fsp3) is 0.769. The average Bonchev–Trinajstić information content (AvgIpc) is 2.23. The van der Waals surface area contributed by atoms with E-state index in [9.17, 15) is 0 Å². The Morgan fingerprint density at radius 1 is 1.24 bits per heavy atom. The summed E-state index contributed by atoms with van der Waals surface area (Å²) in [6, 6.07) is 0. The molecule has 0 amide bonds. The molecule has 1 radical (unpaired) electrons. The summed E-state index contributed by atoms with van der Waals surface area (Å²) in [6.07, 6.45) is 2.07. The first-order chi connectivity index (χ1) is 7.66. The summed E-state index contributed by atoms with van der Waals surface area (Å²) < 4.78 is 16.2. The molecule has 1 unspecified atom stereocenters. The maximum atomic E-state index is 5.51. The van der Waals surface area contributed by atoms with Gasteiger partial charge in [-0.05, 0) is 13.8 Å². The second-order valence-electron chi connectivity index (χ2n) is 3.97. The van der Waals surface area contributed by atoms with Crippen LogP contribution in [0, 0.1) is 6.92 Å². The van der Waals surface area contributed by atoms with E-state index in [0.29, 0.717) is 26.4 Å². The molecule has 99 valence electrons. The van der Waals surface area contributed by atoms with Crippen molar-refractivity contribution in [3.63, 3.8) is 0 Å². The van der Waals surface area contributed by atoms with E-state index in [1.54, 1.807) is 0 Å². The van der Waals surface area contributed by atoms with Crippen LogP contribution in [0.25, 0.3) is 0 Å². The standard InChI is InChI=1S/C13H25O3.Y/c1-5-6-7-16-13(4)11-15-9-8-14-10-12(2)3;/h13H,1-2,5-11H2,3-4H3;/q-1;. The molecule has 0 aromatic rings. The Kier molecular flexibility index (Phi) is 17.4. The smallest absolute Gasteiger partial charge is 0.0780 e. The number of hydrogen-bond acceptors (Lipinski definition) is 3. The molecule has 0 saturated heterocycles. The summed E-state index contributed by atoms with van der Waals surface area (Å²) in [5.41, 5.74) is 1.03. The number of unbranched alkanes of at least 4 members (excludes halogenated alkanes) is 1. The molecule has 1 atom stereocenters. The van der Waals surface area contributed by atoms with E-state index in [1.807, 2.05) is 13.8 Å². The summed E-state index contributed by atoms with van der Waals surface area (Å²) in [5.74, 6) is 0. The Labute approximate surface area is 131 Å². The van der Waals surface area contributed by atoms with Crippen LogP contribution >= 0.6 is 0 Å². The van der Waals surface area contributed by atoms with Gasteiger partial charge in [0.1, 0.15) is 0 Å². The minimum absolute atomic E-state index is 0. The van der Waals surface area contributed by atoms with Gasteiger partial charge in [0.25, 0.3) is 0 Å². The van der Waals surface area contributed by atoms with Crippen molar-refractivity contribution in [3.8, 4) is 0 Å². The molecule has 0 N–H and O–H groups in total. The largest absolute Gasteiger partial charge is 0.376 e.